The van der Waals surface area contributed by atoms with Crippen molar-refractivity contribution in [2.75, 3.05) is 63.7 Å². The average molecular weight is 536 g/mol. The maximum atomic E-state index is 12.7. The number of benzene rings is 1. The van der Waals surface area contributed by atoms with Crippen molar-refractivity contribution in [2.45, 2.75) is 18.1 Å². The van der Waals surface area contributed by atoms with Gasteiger partial charge in [-0.2, -0.15) is 9.29 Å². The van der Waals surface area contributed by atoms with Gasteiger partial charge in [0.1, 0.15) is 11.5 Å². The Morgan fingerprint density at radius 2 is 1.81 bits per heavy atom. The van der Waals surface area contributed by atoms with Crippen molar-refractivity contribution < 1.29 is 17.9 Å². The Balaban J connectivity index is 1.48. The lowest BCUT2D eigenvalue weighted by Crippen LogP contribution is -2.50. The van der Waals surface area contributed by atoms with E-state index >= 15 is 0 Å². The first-order valence-electron chi connectivity index (χ1n) is 11.8. The molecule has 2 fully saturated rings. The number of hydrogen-bond acceptors (Lipinski definition) is 9. The molecule has 2 aromatic heterocycles. The number of methoxy groups -OCH3 is 2. The summed E-state index contributed by atoms with van der Waals surface area (Å²) in [6.07, 6.45) is 5.32. The van der Waals surface area contributed by atoms with E-state index in [2.05, 4.69) is 10.2 Å². The van der Waals surface area contributed by atoms with Gasteiger partial charge in [-0.1, -0.05) is 11.6 Å². The van der Waals surface area contributed by atoms with Crippen LogP contribution in [0.5, 0.6) is 11.5 Å². The number of nitrogens with zero attached hydrogens (tertiary/aromatic N) is 5. The van der Waals surface area contributed by atoms with Crippen molar-refractivity contribution in [1.82, 2.24) is 18.7 Å². The predicted octanol–water partition coefficient (Wildman–Crippen LogP) is 2.05. The fourth-order valence-corrected chi connectivity index (χ4v) is 6.47. The number of fused-ring (bicyclic) bond motifs is 1. The molecule has 2 aliphatic rings. The molecule has 1 saturated heterocycles. The van der Waals surface area contributed by atoms with E-state index in [1.54, 1.807) is 30.7 Å². The number of piperazine rings is 1. The third-order valence-corrected chi connectivity index (χ3v) is 9.18. The standard InChI is InChI=1S/C23H30ClN7O4S/c1-34-20-12-21(35-2)17(24)11-16(20)18-13-30-14-19(26-6-5-25)22(28-23(30)27-18)29-7-9-31(10-8-29)36(32,33)15-3-4-15/h11-15,26H,3-10,25H2,1-2H3. The first kappa shape index (κ1) is 24.9. The Morgan fingerprint density at radius 1 is 1.08 bits per heavy atom. The minimum atomic E-state index is -3.19. The van der Waals surface area contributed by atoms with Crippen LogP contribution in [-0.2, 0) is 10.0 Å². The number of nitrogens with two attached hydrogens (primary N) is 1. The van der Waals surface area contributed by atoms with E-state index in [0.717, 1.165) is 24.3 Å². The SMILES string of the molecule is COc1cc(OC)c(-c2cn3cc(NCCN)c(N4CCN(S(=O)(=O)C5CC5)CC4)nc3n2)cc1Cl. The van der Waals surface area contributed by atoms with Crippen molar-refractivity contribution >= 4 is 38.9 Å². The predicted molar refractivity (Wildman–Crippen MR) is 140 cm³/mol. The number of sulfonamides is 1. The molecule has 194 valence electrons. The minimum Gasteiger partial charge on any atom is -0.496 e. The summed E-state index contributed by atoms with van der Waals surface area (Å²) >= 11 is 6.38. The Bertz CT molecular complexity index is 1370. The molecule has 1 aromatic carbocycles. The highest BCUT2D eigenvalue weighted by Crippen LogP contribution is 2.38. The Labute approximate surface area is 215 Å². The fourth-order valence-electron chi connectivity index (χ4n) is 4.41. The van der Waals surface area contributed by atoms with E-state index in [0.29, 0.717) is 72.8 Å². The van der Waals surface area contributed by atoms with Crippen LogP contribution in [-0.4, -0.2) is 85.8 Å². The lowest BCUT2D eigenvalue weighted by Gasteiger charge is -2.35. The van der Waals surface area contributed by atoms with Gasteiger partial charge in [0.15, 0.2) is 5.82 Å². The first-order chi connectivity index (χ1) is 17.3. The maximum absolute atomic E-state index is 12.7. The molecule has 1 aliphatic heterocycles. The van der Waals surface area contributed by atoms with E-state index in [-0.39, 0.29) is 5.25 Å². The fraction of sp³-hybridized carbons (Fsp3) is 0.478. The number of rotatable bonds is 9. The van der Waals surface area contributed by atoms with Crippen molar-refractivity contribution in [3.63, 3.8) is 0 Å². The molecule has 5 rings (SSSR count). The van der Waals surface area contributed by atoms with Crippen LogP contribution in [0.25, 0.3) is 17.0 Å². The van der Waals surface area contributed by atoms with Gasteiger partial charge in [-0.05, 0) is 18.9 Å². The molecule has 3 aromatic rings. The van der Waals surface area contributed by atoms with Gasteiger partial charge >= 0.3 is 0 Å². The zero-order valence-corrected chi connectivity index (χ0v) is 21.8. The van der Waals surface area contributed by atoms with Gasteiger partial charge in [-0.15, -0.1) is 0 Å². The molecule has 11 nitrogen and oxygen atoms in total. The number of aromatic nitrogens is 3. The van der Waals surface area contributed by atoms with Crippen LogP contribution in [0.15, 0.2) is 24.5 Å². The number of anilines is 2. The van der Waals surface area contributed by atoms with Gasteiger partial charge in [0.2, 0.25) is 15.8 Å². The van der Waals surface area contributed by atoms with Crippen LogP contribution in [0.4, 0.5) is 11.5 Å². The molecule has 0 amide bonds. The molecule has 1 aliphatic carbocycles. The maximum Gasteiger partial charge on any atom is 0.236 e. The zero-order valence-electron chi connectivity index (χ0n) is 20.3. The molecule has 1 saturated carbocycles. The molecular formula is C23H30ClN7O4S. The third-order valence-electron chi connectivity index (χ3n) is 6.48. The summed E-state index contributed by atoms with van der Waals surface area (Å²) in [7, 11) is -0.0610. The third kappa shape index (κ3) is 4.65. The highest BCUT2D eigenvalue weighted by Gasteiger charge is 2.41. The van der Waals surface area contributed by atoms with E-state index in [9.17, 15) is 8.42 Å². The number of nitrogens with one attached hydrogen (secondary N) is 1. The summed E-state index contributed by atoms with van der Waals surface area (Å²) in [5.74, 6) is 2.31. The van der Waals surface area contributed by atoms with Crippen LogP contribution in [0.1, 0.15) is 12.8 Å². The van der Waals surface area contributed by atoms with Gasteiger partial charge in [0.05, 0.1) is 35.9 Å². The van der Waals surface area contributed by atoms with Crippen LogP contribution in [0.3, 0.4) is 0 Å². The summed E-state index contributed by atoms with van der Waals surface area (Å²) in [6.45, 7) is 2.98. The topological polar surface area (TPSA) is 127 Å². The second-order valence-corrected chi connectivity index (χ2v) is 11.5. The quantitative estimate of drug-likeness (QED) is 0.423. The molecule has 3 heterocycles. The van der Waals surface area contributed by atoms with Gasteiger partial charge in [0.25, 0.3) is 0 Å². The number of imidazole rings is 1. The average Bonchev–Trinajstić information content (AvgIpc) is 3.67. The van der Waals surface area contributed by atoms with Gasteiger partial charge in [0, 0.05) is 63.3 Å². The monoisotopic (exact) mass is 535 g/mol. The van der Waals surface area contributed by atoms with E-state index in [4.69, 9.17) is 36.8 Å². The van der Waals surface area contributed by atoms with Crippen LogP contribution in [0.2, 0.25) is 5.02 Å². The molecule has 0 atom stereocenters. The Morgan fingerprint density at radius 3 is 2.44 bits per heavy atom. The summed E-state index contributed by atoms with van der Waals surface area (Å²) in [5, 5.41) is 3.59. The lowest BCUT2D eigenvalue weighted by atomic mass is 10.1. The second-order valence-electron chi connectivity index (χ2n) is 8.84. The van der Waals surface area contributed by atoms with Crippen molar-refractivity contribution in [2.24, 2.45) is 5.73 Å². The molecule has 3 N–H and O–H groups in total. The van der Waals surface area contributed by atoms with E-state index in [1.165, 1.54) is 0 Å². The largest absolute Gasteiger partial charge is 0.496 e. The van der Waals surface area contributed by atoms with Crippen molar-refractivity contribution in [3.8, 4) is 22.8 Å². The van der Waals surface area contributed by atoms with Gasteiger partial charge in [-0.25, -0.2) is 13.4 Å². The molecule has 0 spiro atoms. The zero-order chi connectivity index (χ0) is 25.4. The Hall–Kier alpha value is -2.80. The first-order valence-corrected chi connectivity index (χ1v) is 13.7. The van der Waals surface area contributed by atoms with Gasteiger partial charge < -0.3 is 25.4 Å². The van der Waals surface area contributed by atoms with Gasteiger partial charge in [-0.3, -0.25) is 4.40 Å². The number of ether oxygens (including phenoxy) is 2. The van der Waals surface area contributed by atoms with E-state index in [1.807, 2.05) is 16.8 Å². The van der Waals surface area contributed by atoms with Crippen LogP contribution >= 0.6 is 11.6 Å². The molecule has 13 heteroatoms. The number of halogens is 1. The highest BCUT2D eigenvalue weighted by atomic mass is 35.5. The molecule has 36 heavy (non-hydrogen) atoms. The second kappa shape index (κ2) is 9.92. The summed E-state index contributed by atoms with van der Waals surface area (Å²) in [5.41, 5.74) is 7.90. The summed E-state index contributed by atoms with van der Waals surface area (Å²) in [4.78, 5) is 11.7. The van der Waals surface area contributed by atoms with Crippen LogP contribution in [0, 0.1) is 0 Å². The van der Waals surface area contributed by atoms with E-state index < -0.39 is 10.0 Å². The summed E-state index contributed by atoms with van der Waals surface area (Å²) in [6, 6.07) is 3.49. The molecule has 0 unspecified atom stereocenters. The number of hydrogen-bond donors (Lipinski definition) is 2. The minimum absolute atomic E-state index is 0.202. The van der Waals surface area contributed by atoms with Crippen molar-refractivity contribution in [1.29, 1.82) is 0 Å². The highest BCUT2D eigenvalue weighted by molar-refractivity contribution is 7.90. The lowest BCUT2D eigenvalue weighted by molar-refractivity contribution is 0.383. The molecule has 0 radical (unpaired) electrons. The summed E-state index contributed by atoms with van der Waals surface area (Å²) < 4.78 is 39.6. The molecular weight excluding hydrogens is 506 g/mol. The smallest absolute Gasteiger partial charge is 0.236 e. The molecule has 0 bridgehead atoms. The van der Waals surface area contributed by atoms with Crippen molar-refractivity contribution in [3.05, 3.63) is 29.5 Å². The Kier molecular flexibility index (Phi) is 6.86. The normalized spacial score (nSPS) is 16.9. The van der Waals surface area contributed by atoms with Crippen LogP contribution < -0.4 is 25.4 Å².